The van der Waals surface area contributed by atoms with Crippen LogP contribution in [0.2, 0.25) is 19.6 Å². The monoisotopic (exact) mass is 396 g/mol. The van der Waals surface area contributed by atoms with E-state index in [2.05, 4.69) is 30.6 Å². The molecule has 2 aromatic rings. The lowest BCUT2D eigenvalue weighted by molar-refractivity contribution is 0.0585. The second-order valence-corrected chi connectivity index (χ2v) is 13.1. The molecule has 28 heavy (non-hydrogen) atoms. The molecule has 6 heteroatoms. The predicted octanol–water partition coefficient (Wildman–Crippen LogP) is 4.28. The molecule has 0 N–H and O–H groups in total. The highest BCUT2D eigenvalue weighted by molar-refractivity contribution is 6.69. The maximum atomic E-state index is 13.1. The average Bonchev–Trinajstić information content (AvgIpc) is 2.68. The van der Waals surface area contributed by atoms with Crippen molar-refractivity contribution in [3.8, 4) is 0 Å². The van der Waals surface area contributed by atoms with E-state index in [1.54, 1.807) is 0 Å². The first kappa shape index (κ1) is 19.1. The molecule has 0 bridgehead atoms. The number of carbonyl (C=O) groups is 2. The number of imide groups is 1. The summed E-state index contributed by atoms with van der Waals surface area (Å²) >= 11 is 0. The van der Waals surface area contributed by atoms with Crippen LogP contribution in [0.25, 0.3) is 10.8 Å². The van der Waals surface area contributed by atoms with E-state index in [-0.39, 0.29) is 11.8 Å². The molecule has 0 aliphatic carbocycles. The van der Waals surface area contributed by atoms with Crippen LogP contribution in [0.5, 0.6) is 0 Å². The molecule has 148 valence electrons. The van der Waals surface area contributed by atoms with Gasteiger partial charge in [0.25, 0.3) is 11.8 Å². The largest absolute Gasteiger partial charge is 0.416 e. The summed E-state index contributed by atoms with van der Waals surface area (Å²) in [6.45, 7) is 9.05. The van der Waals surface area contributed by atoms with Crippen molar-refractivity contribution in [3.05, 3.63) is 41.5 Å². The smallest absolute Gasteiger partial charge is 0.261 e. The van der Waals surface area contributed by atoms with Crippen LogP contribution in [-0.2, 0) is 4.43 Å². The van der Waals surface area contributed by atoms with Crippen molar-refractivity contribution in [3.63, 3.8) is 0 Å². The molecule has 4 rings (SSSR count). The molecule has 1 fully saturated rings. The lowest BCUT2D eigenvalue weighted by Crippen LogP contribution is -2.43. The quantitative estimate of drug-likeness (QED) is 0.559. The molecule has 0 unspecified atom stereocenters. The van der Waals surface area contributed by atoms with Gasteiger partial charge < -0.3 is 9.33 Å². The van der Waals surface area contributed by atoms with Gasteiger partial charge in [0.15, 0.2) is 8.32 Å². The molecule has 0 radical (unpaired) electrons. The molecule has 2 heterocycles. The van der Waals surface area contributed by atoms with Crippen molar-refractivity contribution < 1.29 is 14.0 Å². The van der Waals surface area contributed by atoms with E-state index in [0.717, 1.165) is 29.5 Å². The third-order valence-corrected chi connectivity index (χ3v) is 6.59. The van der Waals surface area contributed by atoms with Crippen molar-refractivity contribution in [2.45, 2.75) is 38.9 Å². The van der Waals surface area contributed by atoms with Gasteiger partial charge in [-0.15, -0.1) is 0 Å². The highest BCUT2D eigenvalue weighted by Gasteiger charge is 2.33. The van der Waals surface area contributed by atoms with Gasteiger partial charge >= 0.3 is 0 Å². The van der Waals surface area contributed by atoms with Crippen LogP contribution >= 0.6 is 0 Å². The van der Waals surface area contributed by atoms with Crippen molar-refractivity contribution in [2.75, 3.05) is 31.1 Å². The van der Waals surface area contributed by atoms with Crippen molar-refractivity contribution in [1.82, 2.24) is 4.90 Å². The fourth-order valence-corrected chi connectivity index (χ4v) is 4.89. The van der Waals surface area contributed by atoms with Crippen LogP contribution in [0, 0.1) is 0 Å². The third kappa shape index (κ3) is 3.47. The molecular formula is C22H28N2O3Si. The number of nitrogens with zero attached hydrogens (tertiary/aromatic N) is 2. The lowest BCUT2D eigenvalue weighted by Gasteiger charge is -2.32. The Labute approximate surface area is 167 Å². The Kier molecular flexibility index (Phi) is 5.01. The molecule has 2 aromatic carbocycles. The molecule has 2 amide bonds. The van der Waals surface area contributed by atoms with Gasteiger partial charge in [-0.05, 0) is 57.1 Å². The molecule has 2 aliphatic heterocycles. The highest BCUT2D eigenvalue weighted by atomic mass is 28.4. The number of rotatable bonds is 5. The minimum atomic E-state index is -1.69. The van der Waals surface area contributed by atoms with Gasteiger partial charge in [0.2, 0.25) is 0 Å². The maximum absolute atomic E-state index is 13.1. The Morgan fingerprint density at radius 3 is 2.29 bits per heavy atom. The van der Waals surface area contributed by atoms with Gasteiger partial charge in [-0.3, -0.25) is 14.5 Å². The summed E-state index contributed by atoms with van der Waals surface area (Å²) in [5.74, 6) is -0.420. The van der Waals surface area contributed by atoms with E-state index < -0.39 is 8.32 Å². The molecule has 0 spiro atoms. The minimum absolute atomic E-state index is 0.210. The fraction of sp³-hybridized carbons (Fsp3) is 0.455. The molecule has 0 saturated carbocycles. The Morgan fingerprint density at radius 2 is 1.61 bits per heavy atom. The topological polar surface area (TPSA) is 49.9 Å². The van der Waals surface area contributed by atoms with Crippen LogP contribution in [-0.4, -0.2) is 51.3 Å². The summed E-state index contributed by atoms with van der Waals surface area (Å²) in [5, 5.41) is 1.82. The van der Waals surface area contributed by atoms with Gasteiger partial charge in [-0.2, -0.15) is 0 Å². The fourth-order valence-electron chi connectivity index (χ4n) is 4.19. The molecular weight excluding hydrogens is 368 g/mol. The summed E-state index contributed by atoms with van der Waals surface area (Å²) in [4.78, 5) is 29.9. The van der Waals surface area contributed by atoms with Gasteiger partial charge in [-0.25, -0.2) is 0 Å². The Hall–Kier alpha value is -2.18. The minimum Gasteiger partial charge on any atom is -0.416 e. The molecule has 0 atom stereocenters. The van der Waals surface area contributed by atoms with E-state index in [0.29, 0.717) is 24.3 Å². The zero-order valence-electron chi connectivity index (χ0n) is 17.0. The highest BCUT2D eigenvalue weighted by Crippen LogP contribution is 2.36. The first-order valence-corrected chi connectivity index (χ1v) is 13.6. The first-order chi connectivity index (χ1) is 13.4. The van der Waals surface area contributed by atoms with Crippen LogP contribution < -0.4 is 4.90 Å². The van der Waals surface area contributed by atoms with Crippen LogP contribution in [0.1, 0.15) is 40.0 Å². The van der Waals surface area contributed by atoms with Crippen LogP contribution in [0.3, 0.4) is 0 Å². The SMILES string of the molecule is C[Si](C)(C)OCCN1C(=O)c2cccc3c(N4CCCCC4)ccc(c23)C1=O. The first-order valence-electron chi connectivity index (χ1n) is 10.2. The van der Waals surface area contributed by atoms with Crippen molar-refractivity contribution >= 4 is 36.6 Å². The number of anilines is 1. The Morgan fingerprint density at radius 1 is 0.929 bits per heavy atom. The van der Waals surface area contributed by atoms with Gasteiger partial charge in [0.05, 0.1) is 13.2 Å². The van der Waals surface area contributed by atoms with Crippen LogP contribution in [0.15, 0.2) is 30.3 Å². The summed E-state index contributed by atoms with van der Waals surface area (Å²) in [5.41, 5.74) is 2.38. The lowest BCUT2D eigenvalue weighted by atomic mass is 9.92. The van der Waals surface area contributed by atoms with E-state index >= 15 is 0 Å². The van der Waals surface area contributed by atoms with Crippen LogP contribution in [0.4, 0.5) is 5.69 Å². The second kappa shape index (κ2) is 7.33. The Bertz CT molecular complexity index is 907. The molecule has 5 nitrogen and oxygen atoms in total. The van der Waals surface area contributed by atoms with Gasteiger partial charge in [-0.1, -0.05) is 12.1 Å². The number of carbonyl (C=O) groups excluding carboxylic acids is 2. The maximum Gasteiger partial charge on any atom is 0.261 e. The average molecular weight is 397 g/mol. The summed E-state index contributed by atoms with van der Waals surface area (Å²) in [7, 11) is -1.69. The predicted molar refractivity (Wildman–Crippen MR) is 115 cm³/mol. The number of benzene rings is 2. The molecule has 1 saturated heterocycles. The number of hydrogen-bond donors (Lipinski definition) is 0. The van der Waals surface area contributed by atoms with E-state index in [4.69, 9.17) is 4.43 Å². The van der Waals surface area contributed by atoms with Gasteiger partial charge in [0, 0.05) is 40.7 Å². The third-order valence-electron chi connectivity index (χ3n) is 5.52. The Balaban J connectivity index is 1.70. The van der Waals surface area contributed by atoms with Crippen molar-refractivity contribution in [2.24, 2.45) is 0 Å². The normalized spacial score (nSPS) is 17.5. The standard InChI is InChI=1S/C22H28N2O3Si/c1-28(2,3)27-15-14-24-21(25)17-9-7-8-16-19(23-12-5-4-6-13-23)11-10-18(20(16)17)22(24)26/h7-11H,4-6,12-15H2,1-3H3. The van der Waals surface area contributed by atoms with E-state index in [1.165, 1.54) is 24.2 Å². The van der Waals surface area contributed by atoms with E-state index in [1.807, 2.05) is 24.3 Å². The summed E-state index contributed by atoms with van der Waals surface area (Å²) in [6.07, 6.45) is 3.64. The zero-order chi connectivity index (χ0) is 19.9. The number of piperidine rings is 1. The number of amides is 2. The van der Waals surface area contributed by atoms with Crippen molar-refractivity contribution in [1.29, 1.82) is 0 Å². The zero-order valence-corrected chi connectivity index (χ0v) is 18.0. The van der Waals surface area contributed by atoms with Gasteiger partial charge in [0.1, 0.15) is 0 Å². The van der Waals surface area contributed by atoms with E-state index in [9.17, 15) is 9.59 Å². The molecule has 2 aliphatic rings. The molecule has 0 aromatic heterocycles. The summed E-state index contributed by atoms with van der Waals surface area (Å²) in [6, 6.07) is 9.76. The second-order valence-electron chi connectivity index (χ2n) is 8.63. The summed E-state index contributed by atoms with van der Waals surface area (Å²) < 4.78 is 5.87. The number of hydrogen-bond acceptors (Lipinski definition) is 4.